The Hall–Kier alpha value is -2.71. The molecule has 0 radical (unpaired) electrons. The van der Waals surface area contributed by atoms with Gasteiger partial charge < -0.3 is 9.64 Å². The summed E-state index contributed by atoms with van der Waals surface area (Å²) in [4.78, 5) is 27.1. The maximum Gasteiger partial charge on any atom is 0.338 e. The van der Waals surface area contributed by atoms with Crippen LogP contribution in [0.5, 0.6) is 0 Å². The fourth-order valence-electron chi connectivity index (χ4n) is 3.37. The predicted octanol–water partition coefficient (Wildman–Crippen LogP) is 2.46. The van der Waals surface area contributed by atoms with Crippen molar-refractivity contribution in [2.75, 3.05) is 19.0 Å². The third kappa shape index (κ3) is 4.04. The highest BCUT2D eigenvalue weighted by atomic mass is 32.2. The van der Waals surface area contributed by atoms with Crippen LogP contribution in [0.1, 0.15) is 29.8 Å². The van der Waals surface area contributed by atoms with Gasteiger partial charge in [-0.05, 0) is 50.1 Å². The SMILES string of the molecule is C[C@H](OC(=O)c1cccc(S(=O)(=O)N(C)C)c1)C(=O)N1c2ccccc2C[C@@H]1C. The zero-order chi connectivity index (χ0) is 21.3. The second-order valence-corrected chi connectivity index (χ2v) is 9.40. The highest BCUT2D eigenvalue weighted by Gasteiger charge is 2.34. The van der Waals surface area contributed by atoms with Gasteiger partial charge in [-0.1, -0.05) is 24.3 Å². The Morgan fingerprint density at radius 1 is 1.14 bits per heavy atom. The van der Waals surface area contributed by atoms with Gasteiger partial charge in [0, 0.05) is 25.8 Å². The minimum absolute atomic E-state index is 0.0157. The van der Waals surface area contributed by atoms with Gasteiger partial charge in [-0.3, -0.25) is 4.79 Å². The Morgan fingerprint density at radius 2 is 1.83 bits per heavy atom. The number of benzene rings is 2. The molecule has 0 aliphatic carbocycles. The Balaban J connectivity index is 1.77. The van der Waals surface area contributed by atoms with Gasteiger partial charge in [0.15, 0.2) is 6.10 Å². The second kappa shape index (κ2) is 7.96. The van der Waals surface area contributed by atoms with Gasteiger partial charge in [0.25, 0.3) is 5.91 Å². The van der Waals surface area contributed by atoms with Crippen molar-refractivity contribution in [3.63, 3.8) is 0 Å². The molecule has 0 saturated heterocycles. The topological polar surface area (TPSA) is 84.0 Å². The molecule has 0 saturated carbocycles. The molecule has 29 heavy (non-hydrogen) atoms. The van der Waals surface area contributed by atoms with Crippen molar-refractivity contribution < 1.29 is 22.7 Å². The van der Waals surface area contributed by atoms with Crippen LogP contribution in [0.3, 0.4) is 0 Å². The molecular weight excluding hydrogens is 392 g/mol. The van der Waals surface area contributed by atoms with E-state index in [1.807, 2.05) is 31.2 Å². The molecule has 0 aromatic heterocycles. The van der Waals surface area contributed by atoms with Crippen molar-refractivity contribution in [1.29, 1.82) is 0 Å². The molecular formula is C21H24N2O5S. The summed E-state index contributed by atoms with van der Waals surface area (Å²) in [5.41, 5.74) is 1.97. The number of carbonyl (C=O) groups is 2. The lowest BCUT2D eigenvalue weighted by atomic mass is 10.1. The van der Waals surface area contributed by atoms with Crippen molar-refractivity contribution in [3.8, 4) is 0 Å². The summed E-state index contributed by atoms with van der Waals surface area (Å²) in [6, 6.07) is 13.2. The number of rotatable bonds is 5. The third-order valence-corrected chi connectivity index (χ3v) is 6.74. The highest BCUT2D eigenvalue weighted by Crippen LogP contribution is 2.32. The fourth-order valence-corrected chi connectivity index (χ4v) is 4.32. The summed E-state index contributed by atoms with van der Waals surface area (Å²) >= 11 is 0. The Bertz CT molecular complexity index is 1050. The lowest BCUT2D eigenvalue weighted by Crippen LogP contribution is -2.43. The minimum Gasteiger partial charge on any atom is -0.449 e. The Labute approximate surface area is 170 Å². The molecule has 1 aliphatic rings. The molecule has 154 valence electrons. The van der Waals surface area contributed by atoms with Crippen LogP contribution < -0.4 is 4.90 Å². The number of hydrogen-bond donors (Lipinski definition) is 0. The van der Waals surface area contributed by atoms with E-state index in [2.05, 4.69) is 0 Å². The average Bonchev–Trinajstić information content (AvgIpc) is 3.02. The number of ether oxygens (including phenoxy) is 1. The van der Waals surface area contributed by atoms with E-state index >= 15 is 0 Å². The van der Waals surface area contributed by atoms with E-state index in [1.165, 1.54) is 45.3 Å². The van der Waals surface area contributed by atoms with Gasteiger partial charge in [0.1, 0.15) is 0 Å². The molecule has 2 aromatic carbocycles. The molecule has 7 nitrogen and oxygen atoms in total. The van der Waals surface area contributed by atoms with Crippen molar-refractivity contribution in [3.05, 3.63) is 59.7 Å². The summed E-state index contributed by atoms with van der Waals surface area (Å²) in [6.07, 6.45) is -0.266. The summed E-state index contributed by atoms with van der Waals surface area (Å²) in [7, 11) is -0.856. The Kier molecular flexibility index (Phi) is 5.77. The zero-order valence-corrected chi connectivity index (χ0v) is 17.6. The van der Waals surface area contributed by atoms with Gasteiger partial charge in [0.05, 0.1) is 10.5 Å². The standard InChI is InChI=1S/C21H24N2O5S/c1-14-12-16-8-5-6-11-19(16)23(14)20(24)15(2)28-21(25)17-9-7-10-18(13-17)29(26,27)22(3)4/h5-11,13-15H,12H2,1-4H3/t14-,15-/m0/s1. The van der Waals surface area contributed by atoms with Crippen LogP contribution in [-0.4, -0.2) is 50.8 Å². The first-order chi connectivity index (χ1) is 13.6. The van der Waals surface area contributed by atoms with Crippen molar-refractivity contribution >= 4 is 27.6 Å². The summed E-state index contributed by atoms with van der Waals surface area (Å²) in [5, 5.41) is 0. The van der Waals surface area contributed by atoms with Crippen LogP contribution in [-0.2, 0) is 26.0 Å². The average molecular weight is 416 g/mol. The number of anilines is 1. The summed E-state index contributed by atoms with van der Waals surface area (Å²) < 4.78 is 31.0. The highest BCUT2D eigenvalue weighted by molar-refractivity contribution is 7.89. The van der Waals surface area contributed by atoms with E-state index in [0.717, 1.165) is 22.0 Å². The van der Waals surface area contributed by atoms with E-state index in [9.17, 15) is 18.0 Å². The van der Waals surface area contributed by atoms with E-state index < -0.39 is 22.1 Å². The van der Waals surface area contributed by atoms with E-state index in [4.69, 9.17) is 4.74 Å². The van der Waals surface area contributed by atoms with Crippen LogP contribution in [0.4, 0.5) is 5.69 Å². The predicted molar refractivity (Wildman–Crippen MR) is 109 cm³/mol. The number of para-hydroxylation sites is 1. The molecule has 2 aromatic rings. The zero-order valence-electron chi connectivity index (χ0n) is 16.8. The number of fused-ring (bicyclic) bond motifs is 1. The largest absolute Gasteiger partial charge is 0.449 e. The number of nitrogens with zero attached hydrogens (tertiary/aromatic N) is 2. The monoisotopic (exact) mass is 416 g/mol. The quantitative estimate of drug-likeness (QED) is 0.699. The molecule has 1 heterocycles. The van der Waals surface area contributed by atoms with E-state index in [0.29, 0.717) is 0 Å². The molecule has 2 atom stereocenters. The molecule has 1 amide bonds. The van der Waals surface area contributed by atoms with Crippen LogP contribution in [0, 0.1) is 0 Å². The lowest BCUT2D eigenvalue weighted by Gasteiger charge is -2.26. The first-order valence-corrected chi connectivity index (χ1v) is 10.7. The fraction of sp³-hybridized carbons (Fsp3) is 0.333. The third-order valence-electron chi connectivity index (χ3n) is 4.92. The van der Waals surface area contributed by atoms with Gasteiger partial charge >= 0.3 is 5.97 Å². The summed E-state index contributed by atoms with van der Waals surface area (Å²) in [6.45, 7) is 3.47. The van der Waals surface area contributed by atoms with Gasteiger partial charge in [-0.2, -0.15) is 0 Å². The second-order valence-electron chi connectivity index (χ2n) is 7.25. The van der Waals surface area contributed by atoms with E-state index in [-0.39, 0.29) is 22.4 Å². The first kappa shape index (κ1) is 21.0. The molecule has 0 spiro atoms. The van der Waals surface area contributed by atoms with Crippen LogP contribution in [0.15, 0.2) is 53.4 Å². The van der Waals surface area contributed by atoms with Crippen molar-refractivity contribution in [2.24, 2.45) is 0 Å². The molecule has 0 bridgehead atoms. The summed E-state index contributed by atoms with van der Waals surface area (Å²) in [5.74, 6) is -1.06. The Morgan fingerprint density at radius 3 is 2.52 bits per heavy atom. The molecule has 3 rings (SSSR count). The number of hydrogen-bond acceptors (Lipinski definition) is 5. The van der Waals surface area contributed by atoms with Crippen LogP contribution >= 0.6 is 0 Å². The van der Waals surface area contributed by atoms with Gasteiger partial charge in [0.2, 0.25) is 10.0 Å². The molecule has 8 heteroatoms. The van der Waals surface area contributed by atoms with Gasteiger partial charge in [-0.25, -0.2) is 17.5 Å². The lowest BCUT2D eigenvalue weighted by molar-refractivity contribution is -0.126. The van der Waals surface area contributed by atoms with Crippen molar-refractivity contribution in [1.82, 2.24) is 4.31 Å². The number of esters is 1. The maximum absolute atomic E-state index is 12.9. The van der Waals surface area contributed by atoms with Crippen molar-refractivity contribution in [2.45, 2.75) is 37.3 Å². The van der Waals surface area contributed by atoms with Crippen LogP contribution in [0.2, 0.25) is 0 Å². The maximum atomic E-state index is 12.9. The van der Waals surface area contributed by atoms with Crippen LogP contribution in [0.25, 0.3) is 0 Å². The number of carbonyl (C=O) groups excluding carboxylic acids is 2. The molecule has 1 aliphatic heterocycles. The minimum atomic E-state index is -3.68. The normalized spacial score (nSPS) is 17.1. The van der Waals surface area contributed by atoms with E-state index in [1.54, 1.807) is 4.90 Å². The number of sulfonamides is 1. The molecule has 0 N–H and O–H groups in total. The smallest absolute Gasteiger partial charge is 0.338 e. The first-order valence-electron chi connectivity index (χ1n) is 9.27. The van der Waals surface area contributed by atoms with Gasteiger partial charge in [-0.15, -0.1) is 0 Å². The number of amides is 1. The molecule has 0 fully saturated rings. The molecule has 0 unspecified atom stereocenters.